The second kappa shape index (κ2) is 9.57. The summed E-state index contributed by atoms with van der Waals surface area (Å²) in [7, 11) is 3.82. The Labute approximate surface area is 162 Å². The molecule has 0 saturated heterocycles. The van der Waals surface area contributed by atoms with Crippen LogP contribution in [0.5, 0.6) is 0 Å². The van der Waals surface area contributed by atoms with E-state index in [1.165, 1.54) is 12.0 Å². The molecule has 0 saturated carbocycles. The van der Waals surface area contributed by atoms with Gasteiger partial charge in [-0.2, -0.15) is 0 Å². The minimum absolute atomic E-state index is 0.788. The van der Waals surface area contributed by atoms with Crippen LogP contribution in [0.15, 0.2) is 61.2 Å². The lowest BCUT2D eigenvalue weighted by atomic mass is 10.2. The lowest BCUT2D eigenvalue weighted by Crippen LogP contribution is -2.24. The van der Waals surface area contributed by atoms with E-state index in [-0.39, 0.29) is 0 Å². The Bertz CT molecular complexity index is 904. The number of hydrogen-bond donors (Lipinski definition) is 2. The summed E-state index contributed by atoms with van der Waals surface area (Å²) in [6.07, 6.45) is 2.83. The molecular weight excluding hydrogens is 334 g/mol. The Morgan fingerprint density at radius 3 is 2.52 bits per heavy atom. The van der Waals surface area contributed by atoms with Gasteiger partial charge in [0.25, 0.3) is 0 Å². The fourth-order valence-electron chi connectivity index (χ4n) is 2.54. The molecule has 142 valence electrons. The number of hydrogen-bond acceptors (Lipinski definition) is 5. The molecule has 5 nitrogen and oxygen atoms in total. The van der Waals surface area contributed by atoms with Gasteiger partial charge in [-0.15, -0.1) is 0 Å². The van der Waals surface area contributed by atoms with Gasteiger partial charge in [-0.3, -0.25) is 0 Å². The van der Waals surface area contributed by atoms with E-state index in [4.69, 9.17) is 0 Å². The normalized spacial score (nSPS) is 9.96. The predicted molar refractivity (Wildman–Crippen MR) is 117 cm³/mol. The van der Waals surface area contributed by atoms with Crippen LogP contribution in [0.3, 0.4) is 0 Å². The Morgan fingerprint density at radius 2 is 1.85 bits per heavy atom. The third kappa shape index (κ3) is 5.20. The van der Waals surface area contributed by atoms with Crippen molar-refractivity contribution < 1.29 is 0 Å². The molecule has 0 unspecified atom stereocenters. The molecule has 0 aliphatic rings. The van der Waals surface area contributed by atoms with Crippen molar-refractivity contribution in [2.45, 2.75) is 27.2 Å². The van der Waals surface area contributed by atoms with Crippen LogP contribution in [0.2, 0.25) is 0 Å². The molecule has 0 fully saturated rings. The molecule has 1 aromatic heterocycles. The van der Waals surface area contributed by atoms with Crippen LogP contribution >= 0.6 is 0 Å². The van der Waals surface area contributed by atoms with Gasteiger partial charge in [-0.05, 0) is 42.8 Å². The zero-order chi connectivity index (χ0) is 19.8. The van der Waals surface area contributed by atoms with E-state index in [1.807, 2.05) is 43.3 Å². The van der Waals surface area contributed by atoms with Gasteiger partial charge in [0.15, 0.2) is 0 Å². The highest BCUT2D eigenvalue weighted by Crippen LogP contribution is 2.27. The monoisotopic (exact) mass is 363 g/mol. The Kier molecular flexibility index (Phi) is 7.17. The Morgan fingerprint density at radius 1 is 1.11 bits per heavy atom. The molecule has 2 N–H and O–H groups in total. The van der Waals surface area contributed by atoms with Gasteiger partial charge in [0.05, 0.1) is 11.3 Å². The summed E-state index contributed by atoms with van der Waals surface area (Å²) in [6.45, 7) is 10.3. The van der Waals surface area contributed by atoms with Crippen LogP contribution in [0.1, 0.15) is 25.8 Å². The van der Waals surface area contributed by atoms with Gasteiger partial charge in [-0.25, -0.2) is 9.97 Å². The molecule has 3 rings (SSSR count). The SMILES string of the molecule is C=C(NC)N(C)c1ccc2ncnc(Nc3cccc(C)c3)c2c1.CCC. The number of fused-ring (bicyclic) bond motifs is 1. The number of anilines is 3. The van der Waals surface area contributed by atoms with Gasteiger partial charge in [0.2, 0.25) is 0 Å². The average Bonchev–Trinajstić information content (AvgIpc) is 2.67. The van der Waals surface area contributed by atoms with Crippen molar-refractivity contribution in [3.8, 4) is 0 Å². The van der Waals surface area contributed by atoms with E-state index in [9.17, 15) is 0 Å². The smallest absolute Gasteiger partial charge is 0.141 e. The molecule has 0 amide bonds. The van der Waals surface area contributed by atoms with Crippen molar-refractivity contribution in [3.63, 3.8) is 0 Å². The largest absolute Gasteiger partial charge is 0.375 e. The van der Waals surface area contributed by atoms with Gasteiger partial charge in [-0.1, -0.05) is 39.0 Å². The quantitative estimate of drug-likeness (QED) is 0.650. The molecule has 1 heterocycles. The van der Waals surface area contributed by atoms with Crippen LogP contribution in [-0.4, -0.2) is 24.1 Å². The lowest BCUT2D eigenvalue weighted by molar-refractivity contribution is 0.910. The van der Waals surface area contributed by atoms with Gasteiger partial charge in [0.1, 0.15) is 12.1 Å². The lowest BCUT2D eigenvalue weighted by Gasteiger charge is -2.22. The molecule has 3 aromatic rings. The first kappa shape index (κ1) is 20.2. The summed E-state index contributed by atoms with van der Waals surface area (Å²) in [4.78, 5) is 10.8. The van der Waals surface area contributed by atoms with E-state index < -0.39 is 0 Å². The number of aryl methyl sites for hydroxylation is 1. The highest BCUT2D eigenvalue weighted by molar-refractivity contribution is 5.93. The van der Waals surface area contributed by atoms with Crippen LogP contribution in [0.4, 0.5) is 17.2 Å². The number of nitrogens with one attached hydrogen (secondary N) is 2. The third-order valence-corrected chi connectivity index (χ3v) is 3.98. The number of rotatable bonds is 5. The molecule has 27 heavy (non-hydrogen) atoms. The first-order valence-corrected chi connectivity index (χ1v) is 9.19. The minimum Gasteiger partial charge on any atom is -0.375 e. The molecule has 0 radical (unpaired) electrons. The summed E-state index contributed by atoms with van der Waals surface area (Å²) in [5, 5.41) is 7.41. The molecular formula is C22H29N5. The van der Waals surface area contributed by atoms with Crippen LogP contribution in [0, 0.1) is 6.92 Å². The standard InChI is InChI=1S/C19H21N5.C3H8/c1-13-6-5-7-15(10-13)23-19-17-11-16(24(4)14(2)20-3)8-9-18(17)21-12-22-19;1-3-2/h5-12,20H,2H2,1,3-4H3,(H,21,22,23);3H2,1-2H3. The molecule has 5 heteroatoms. The van der Waals surface area contributed by atoms with E-state index in [2.05, 4.69) is 66.2 Å². The second-order valence-corrected chi connectivity index (χ2v) is 6.38. The topological polar surface area (TPSA) is 53.1 Å². The van der Waals surface area contributed by atoms with Gasteiger partial charge in [0, 0.05) is 30.9 Å². The fraction of sp³-hybridized carbons (Fsp3) is 0.273. The highest BCUT2D eigenvalue weighted by atomic mass is 15.2. The van der Waals surface area contributed by atoms with Crippen molar-refractivity contribution in [1.29, 1.82) is 0 Å². The third-order valence-electron chi connectivity index (χ3n) is 3.98. The van der Waals surface area contributed by atoms with Crippen molar-refractivity contribution in [2.75, 3.05) is 24.3 Å². The summed E-state index contributed by atoms with van der Waals surface area (Å²) >= 11 is 0. The van der Waals surface area contributed by atoms with Gasteiger partial charge >= 0.3 is 0 Å². The van der Waals surface area contributed by atoms with Crippen LogP contribution in [0.25, 0.3) is 10.9 Å². The zero-order valence-electron chi connectivity index (χ0n) is 16.9. The van der Waals surface area contributed by atoms with Crippen LogP contribution in [-0.2, 0) is 0 Å². The van der Waals surface area contributed by atoms with E-state index in [0.29, 0.717) is 0 Å². The predicted octanol–water partition coefficient (Wildman–Crippen LogP) is 5.22. The van der Waals surface area contributed by atoms with Crippen molar-refractivity contribution in [1.82, 2.24) is 15.3 Å². The summed E-state index contributed by atoms with van der Waals surface area (Å²) in [6, 6.07) is 14.3. The molecule has 0 aliphatic carbocycles. The first-order valence-electron chi connectivity index (χ1n) is 9.19. The Hall–Kier alpha value is -3.08. The maximum absolute atomic E-state index is 4.42. The fourth-order valence-corrected chi connectivity index (χ4v) is 2.54. The summed E-state index contributed by atoms with van der Waals surface area (Å²) < 4.78 is 0. The number of aromatic nitrogens is 2. The zero-order valence-corrected chi connectivity index (χ0v) is 16.9. The number of nitrogens with zero attached hydrogens (tertiary/aromatic N) is 3. The molecule has 0 bridgehead atoms. The molecule has 0 atom stereocenters. The highest BCUT2D eigenvalue weighted by Gasteiger charge is 2.09. The van der Waals surface area contributed by atoms with E-state index in [0.717, 1.165) is 33.9 Å². The van der Waals surface area contributed by atoms with Crippen molar-refractivity contribution >= 4 is 28.1 Å². The second-order valence-electron chi connectivity index (χ2n) is 6.38. The number of benzene rings is 2. The summed E-state index contributed by atoms with van der Waals surface area (Å²) in [5.41, 5.74) is 4.12. The van der Waals surface area contributed by atoms with E-state index >= 15 is 0 Å². The molecule has 0 aliphatic heterocycles. The first-order chi connectivity index (χ1) is 13.0. The van der Waals surface area contributed by atoms with Crippen molar-refractivity contribution in [2.24, 2.45) is 0 Å². The van der Waals surface area contributed by atoms with Crippen LogP contribution < -0.4 is 15.5 Å². The van der Waals surface area contributed by atoms with Crippen molar-refractivity contribution in [3.05, 3.63) is 66.8 Å². The van der Waals surface area contributed by atoms with Gasteiger partial charge < -0.3 is 15.5 Å². The van der Waals surface area contributed by atoms with E-state index in [1.54, 1.807) is 6.33 Å². The maximum atomic E-state index is 4.42. The maximum Gasteiger partial charge on any atom is 0.141 e. The summed E-state index contributed by atoms with van der Waals surface area (Å²) in [5.74, 6) is 1.61. The Balaban J connectivity index is 0.000000817. The molecule has 0 spiro atoms. The molecule has 2 aromatic carbocycles. The average molecular weight is 364 g/mol. The minimum atomic E-state index is 0.788.